The number of methoxy groups -OCH3 is 2. The number of nitrogens with zero attached hydrogens (tertiary/aromatic N) is 3. The summed E-state index contributed by atoms with van der Waals surface area (Å²) in [5, 5.41) is 0.394. The van der Waals surface area contributed by atoms with Gasteiger partial charge in [0, 0.05) is 37.8 Å². The maximum absolute atomic E-state index is 13.2. The van der Waals surface area contributed by atoms with Crippen molar-refractivity contribution in [1.82, 2.24) is 19.8 Å². The number of hydrogen-bond acceptors (Lipinski definition) is 7. The summed E-state index contributed by atoms with van der Waals surface area (Å²) in [5.41, 5.74) is 1.93. The molecule has 9 nitrogen and oxygen atoms in total. The van der Waals surface area contributed by atoms with Crippen molar-refractivity contribution in [2.75, 3.05) is 33.9 Å². The number of amides is 1. The largest absolute Gasteiger partial charge is 0.493 e. The zero-order valence-electron chi connectivity index (χ0n) is 21.5. The monoisotopic (exact) mass is 494 g/mol. The van der Waals surface area contributed by atoms with Crippen LogP contribution in [0.15, 0.2) is 41.2 Å². The molecule has 1 amide bonds. The summed E-state index contributed by atoms with van der Waals surface area (Å²) in [6, 6.07) is 11.0. The van der Waals surface area contributed by atoms with E-state index in [0.717, 1.165) is 25.2 Å². The van der Waals surface area contributed by atoms with E-state index in [1.165, 1.54) is 14.2 Å². The van der Waals surface area contributed by atoms with E-state index in [0.29, 0.717) is 40.3 Å². The molecule has 0 bridgehead atoms. The first kappa shape index (κ1) is 25.7. The quantitative estimate of drug-likeness (QED) is 0.514. The number of H-pyrrole nitrogens is 1. The predicted octanol–water partition coefficient (Wildman–Crippen LogP) is 3.21. The SMILES string of the molecule is CCN(Cc1nc2cc(OC)c(OC)cc2c(=O)[nH]1)C(=O)c1ccc(CN2C[C@@H](C)O[C@H](C)C2)cc1. The third-order valence-corrected chi connectivity index (χ3v) is 6.37. The second-order valence-electron chi connectivity index (χ2n) is 9.20. The van der Waals surface area contributed by atoms with Crippen LogP contribution in [0.25, 0.3) is 10.9 Å². The van der Waals surface area contributed by atoms with Gasteiger partial charge >= 0.3 is 0 Å². The first-order chi connectivity index (χ1) is 17.3. The Hall–Kier alpha value is -3.43. The Labute approximate surface area is 211 Å². The molecule has 9 heteroatoms. The van der Waals surface area contributed by atoms with Gasteiger partial charge in [-0.15, -0.1) is 0 Å². The fourth-order valence-corrected chi connectivity index (χ4v) is 4.70. The van der Waals surface area contributed by atoms with Crippen molar-refractivity contribution in [2.24, 2.45) is 0 Å². The van der Waals surface area contributed by atoms with E-state index in [1.807, 2.05) is 31.2 Å². The Morgan fingerprint density at radius 2 is 1.75 bits per heavy atom. The van der Waals surface area contributed by atoms with Gasteiger partial charge in [0.15, 0.2) is 11.5 Å². The summed E-state index contributed by atoms with van der Waals surface area (Å²) in [7, 11) is 3.04. The lowest BCUT2D eigenvalue weighted by molar-refractivity contribution is -0.0704. The van der Waals surface area contributed by atoms with Gasteiger partial charge in [-0.25, -0.2) is 4.98 Å². The summed E-state index contributed by atoms with van der Waals surface area (Å²) in [6.45, 7) is 9.34. The first-order valence-corrected chi connectivity index (χ1v) is 12.2. The van der Waals surface area contributed by atoms with Crippen LogP contribution >= 0.6 is 0 Å². The highest BCUT2D eigenvalue weighted by Gasteiger charge is 2.22. The molecule has 1 aliphatic rings. The van der Waals surface area contributed by atoms with Gasteiger partial charge in [0.2, 0.25) is 0 Å². The number of ether oxygens (including phenoxy) is 3. The van der Waals surface area contributed by atoms with Gasteiger partial charge in [-0.1, -0.05) is 12.1 Å². The summed E-state index contributed by atoms with van der Waals surface area (Å²) in [5.74, 6) is 1.23. The van der Waals surface area contributed by atoms with Crippen LogP contribution in [0.5, 0.6) is 11.5 Å². The van der Waals surface area contributed by atoms with E-state index in [2.05, 4.69) is 28.7 Å². The fourth-order valence-electron chi connectivity index (χ4n) is 4.70. The van der Waals surface area contributed by atoms with Crippen molar-refractivity contribution in [3.8, 4) is 11.5 Å². The third-order valence-electron chi connectivity index (χ3n) is 6.37. The molecular weight excluding hydrogens is 460 g/mol. The van der Waals surface area contributed by atoms with Crippen LogP contribution in [-0.2, 0) is 17.8 Å². The van der Waals surface area contributed by atoms with Gasteiger partial charge < -0.3 is 24.1 Å². The van der Waals surface area contributed by atoms with Gasteiger partial charge in [0.1, 0.15) is 5.82 Å². The first-order valence-electron chi connectivity index (χ1n) is 12.2. The molecule has 0 spiro atoms. The zero-order valence-corrected chi connectivity index (χ0v) is 21.5. The Bertz CT molecular complexity index is 1260. The van der Waals surface area contributed by atoms with Crippen LogP contribution in [0.2, 0.25) is 0 Å². The van der Waals surface area contributed by atoms with Crippen molar-refractivity contribution in [3.63, 3.8) is 0 Å². The van der Waals surface area contributed by atoms with Crippen LogP contribution in [0.3, 0.4) is 0 Å². The van der Waals surface area contributed by atoms with Crippen molar-refractivity contribution < 1.29 is 19.0 Å². The highest BCUT2D eigenvalue weighted by Crippen LogP contribution is 2.30. The van der Waals surface area contributed by atoms with Crippen LogP contribution in [0.4, 0.5) is 0 Å². The van der Waals surface area contributed by atoms with Crippen LogP contribution in [0, 0.1) is 0 Å². The van der Waals surface area contributed by atoms with E-state index in [4.69, 9.17) is 14.2 Å². The summed E-state index contributed by atoms with van der Waals surface area (Å²) in [6.07, 6.45) is 0.428. The molecule has 192 valence electrons. The molecule has 1 fully saturated rings. The molecule has 0 aliphatic carbocycles. The van der Waals surface area contributed by atoms with Crippen LogP contribution in [-0.4, -0.2) is 71.7 Å². The second kappa shape index (κ2) is 11.1. The van der Waals surface area contributed by atoms with Crippen LogP contribution in [0.1, 0.15) is 42.5 Å². The van der Waals surface area contributed by atoms with Crippen molar-refractivity contribution in [3.05, 3.63) is 63.7 Å². The standard InChI is InChI=1S/C27H34N4O5/c1-6-31(16-25-28-22-12-24(35-5)23(34-4)11-21(22)26(32)29-25)27(33)20-9-7-19(8-10-20)15-30-13-17(2)36-18(3)14-30/h7-12,17-18H,6,13-16H2,1-5H3,(H,28,29,32)/t17-,18-/m1/s1. The second-order valence-corrected chi connectivity index (χ2v) is 9.20. The molecule has 1 aliphatic heterocycles. The number of nitrogens with one attached hydrogen (secondary N) is 1. The minimum atomic E-state index is -0.296. The van der Waals surface area contributed by atoms with Crippen molar-refractivity contribution in [1.29, 1.82) is 0 Å². The summed E-state index contributed by atoms with van der Waals surface area (Å²) >= 11 is 0. The van der Waals surface area contributed by atoms with E-state index in [9.17, 15) is 9.59 Å². The van der Waals surface area contributed by atoms with Gasteiger partial charge in [-0.05, 0) is 44.5 Å². The Morgan fingerprint density at radius 3 is 2.36 bits per heavy atom. The predicted molar refractivity (Wildman–Crippen MR) is 138 cm³/mol. The minimum absolute atomic E-state index is 0.118. The molecule has 4 rings (SSSR count). The molecule has 0 radical (unpaired) electrons. The average molecular weight is 495 g/mol. The number of aromatic amines is 1. The van der Waals surface area contributed by atoms with Crippen LogP contribution < -0.4 is 15.0 Å². The molecule has 2 atom stereocenters. The van der Waals surface area contributed by atoms with Crippen molar-refractivity contribution in [2.45, 2.75) is 46.1 Å². The highest BCUT2D eigenvalue weighted by atomic mass is 16.5. The maximum atomic E-state index is 13.2. The number of hydrogen-bond donors (Lipinski definition) is 1. The lowest BCUT2D eigenvalue weighted by atomic mass is 10.1. The molecule has 0 saturated carbocycles. The molecule has 2 aromatic carbocycles. The number of rotatable bonds is 8. The van der Waals surface area contributed by atoms with E-state index in [-0.39, 0.29) is 30.2 Å². The van der Waals surface area contributed by atoms with E-state index in [1.54, 1.807) is 17.0 Å². The molecule has 3 aromatic rings. The Morgan fingerprint density at radius 1 is 1.11 bits per heavy atom. The lowest BCUT2D eigenvalue weighted by Gasteiger charge is -2.35. The molecule has 1 saturated heterocycles. The number of carbonyl (C=O) groups is 1. The Kier molecular flexibility index (Phi) is 7.91. The topological polar surface area (TPSA) is 97.0 Å². The minimum Gasteiger partial charge on any atom is -0.493 e. The number of fused-ring (bicyclic) bond motifs is 1. The average Bonchev–Trinajstić information content (AvgIpc) is 2.86. The molecular formula is C27H34N4O5. The van der Waals surface area contributed by atoms with Gasteiger partial charge in [-0.2, -0.15) is 0 Å². The smallest absolute Gasteiger partial charge is 0.258 e. The number of aromatic nitrogens is 2. The molecule has 2 heterocycles. The van der Waals surface area contributed by atoms with Gasteiger partial charge in [0.05, 0.1) is 43.9 Å². The summed E-state index contributed by atoms with van der Waals surface area (Å²) < 4.78 is 16.4. The normalized spacial score (nSPS) is 18.2. The molecule has 0 unspecified atom stereocenters. The van der Waals surface area contributed by atoms with Gasteiger partial charge in [-0.3, -0.25) is 14.5 Å². The summed E-state index contributed by atoms with van der Waals surface area (Å²) in [4.78, 5) is 37.4. The highest BCUT2D eigenvalue weighted by molar-refractivity contribution is 5.94. The fraction of sp³-hybridized carbons (Fsp3) is 0.444. The zero-order chi connectivity index (χ0) is 25.8. The molecule has 1 N–H and O–H groups in total. The molecule has 36 heavy (non-hydrogen) atoms. The molecule has 1 aromatic heterocycles. The third kappa shape index (κ3) is 5.68. The number of benzene rings is 2. The Balaban J connectivity index is 1.49. The van der Waals surface area contributed by atoms with E-state index >= 15 is 0 Å². The lowest BCUT2D eigenvalue weighted by Crippen LogP contribution is -2.44. The maximum Gasteiger partial charge on any atom is 0.258 e. The van der Waals surface area contributed by atoms with Gasteiger partial charge in [0.25, 0.3) is 11.5 Å². The number of carbonyl (C=O) groups excluding carboxylic acids is 1. The van der Waals surface area contributed by atoms with E-state index < -0.39 is 0 Å². The van der Waals surface area contributed by atoms with Crippen molar-refractivity contribution >= 4 is 16.8 Å². The number of morpholine rings is 1.